The van der Waals surface area contributed by atoms with E-state index in [2.05, 4.69) is 32.7 Å². The number of nitrogens with zero attached hydrogens (tertiary/aromatic N) is 3. The van der Waals surface area contributed by atoms with Gasteiger partial charge in [-0.25, -0.2) is 0 Å². The van der Waals surface area contributed by atoms with Gasteiger partial charge in [0.2, 0.25) is 0 Å². The maximum Gasteiger partial charge on any atom is 0.272 e. The molecule has 0 spiro atoms. The number of carbonyl (C=O) groups is 1. The maximum atomic E-state index is 12.3. The summed E-state index contributed by atoms with van der Waals surface area (Å²) in [6, 6.07) is 10.2. The Balaban J connectivity index is 1.37. The highest BCUT2D eigenvalue weighted by Crippen LogP contribution is 2.22. The third-order valence-electron chi connectivity index (χ3n) is 4.35. The van der Waals surface area contributed by atoms with Crippen molar-refractivity contribution in [2.24, 2.45) is 0 Å². The molecule has 0 bridgehead atoms. The largest absolute Gasteiger partial charge is 0.346 e. The lowest BCUT2D eigenvalue weighted by Crippen LogP contribution is -2.24. The fraction of sp³-hybridized carbons (Fsp3) is 0.278. The van der Waals surface area contributed by atoms with Crippen LogP contribution in [0.4, 0.5) is 0 Å². The van der Waals surface area contributed by atoms with E-state index in [1.165, 1.54) is 5.56 Å². The summed E-state index contributed by atoms with van der Waals surface area (Å²) in [6.45, 7) is 1.18. The van der Waals surface area contributed by atoms with Gasteiger partial charge < -0.3 is 5.32 Å². The first-order valence-corrected chi connectivity index (χ1v) is 8.19. The van der Waals surface area contributed by atoms with Crippen molar-refractivity contribution in [3.8, 4) is 0 Å². The minimum atomic E-state index is -0.120. The lowest BCUT2D eigenvalue weighted by atomic mass is 10.2. The topological polar surface area (TPSA) is 75.6 Å². The van der Waals surface area contributed by atoms with Crippen LogP contribution in [0.15, 0.2) is 42.7 Å². The SMILES string of the molecule is O=C(NCc1cnn(Cc2ccccc2)c1)c1n[nH]c2c1CCC2. The molecular formula is C18H19N5O. The molecule has 6 heteroatoms. The molecule has 0 saturated heterocycles. The maximum absolute atomic E-state index is 12.3. The summed E-state index contributed by atoms with van der Waals surface area (Å²) in [5.41, 5.74) is 4.90. The Morgan fingerprint density at radius 3 is 2.96 bits per heavy atom. The fourth-order valence-electron chi connectivity index (χ4n) is 3.13. The predicted molar refractivity (Wildman–Crippen MR) is 89.6 cm³/mol. The van der Waals surface area contributed by atoms with Gasteiger partial charge in [0.05, 0.1) is 12.7 Å². The third kappa shape index (κ3) is 2.95. The molecule has 2 aromatic heterocycles. The molecule has 2 N–H and O–H groups in total. The van der Waals surface area contributed by atoms with Gasteiger partial charge in [-0.15, -0.1) is 0 Å². The zero-order chi connectivity index (χ0) is 16.4. The van der Waals surface area contributed by atoms with E-state index in [1.54, 1.807) is 6.20 Å². The van der Waals surface area contributed by atoms with E-state index in [0.29, 0.717) is 12.2 Å². The molecule has 1 amide bonds. The van der Waals surface area contributed by atoms with E-state index in [0.717, 1.165) is 42.6 Å². The van der Waals surface area contributed by atoms with Gasteiger partial charge in [-0.1, -0.05) is 30.3 Å². The Morgan fingerprint density at radius 2 is 2.08 bits per heavy atom. The number of nitrogens with one attached hydrogen (secondary N) is 2. The van der Waals surface area contributed by atoms with Gasteiger partial charge in [0, 0.05) is 29.6 Å². The molecule has 1 aliphatic rings. The van der Waals surface area contributed by atoms with E-state index in [4.69, 9.17) is 0 Å². The average Bonchev–Trinajstić information content (AvgIpc) is 3.30. The van der Waals surface area contributed by atoms with Crippen LogP contribution in [0.25, 0.3) is 0 Å². The number of carbonyl (C=O) groups excluding carboxylic acids is 1. The van der Waals surface area contributed by atoms with Gasteiger partial charge in [0.25, 0.3) is 5.91 Å². The van der Waals surface area contributed by atoms with Crippen molar-refractivity contribution < 1.29 is 4.79 Å². The number of aromatic amines is 1. The number of hydrogen-bond donors (Lipinski definition) is 2. The monoisotopic (exact) mass is 321 g/mol. The molecule has 0 fully saturated rings. The van der Waals surface area contributed by atoms with Crippen molar-refractivity contribution in [3.63, 3.8) is 0 Å². The standard InChI is InChI=1S/C18H19N5O/c24-18(17-15-7-4-8-16(15)21-22-17)19-9-14-10-20-23(12-14)11-13-5-2-1-3-6-13/h1-3,5-6,10,12H,4,7-9,11H2,(H,19,24)(H,21,22). The highest BCUT2D eigenvalue weighted by atomic mass is 16.1. The lowest BCUT2D eigenvalue weighted by molar-refractivity contribution is 0.0945. The van der Waals surface area contributed by atoms with Crippen molar-refractivity contribution in [2.45, 2.75) is 32.4 Å². The van der Waals surface area contributed by atoms with Crippen molar-refractivity contribution in [3.05, 3.63) is 70.8 Å². The van der Waals surface area contributed by atoms with E-state index in [1.807, 2.05) is 29.1 Å². The number of benzene rings is 1. The summed E-state index contributed by atoms with van der Waals surface area (Å²) in [4.78, 5) is 12.3. The Bertz CT molecular complexity index is 849. The third-order valence-corrected chi connectivity index (χ3v) is 4.35. The fourth-order valence-corrected chi connectivity index (χ4v) is 3.13. The van der Waals surface area contributed by atoms with Gasteiger partial charge in [0.1, 0.15) is 0 Å². The average molecular weight is 321 g/mol. The van der Waals surface area contributed by atoms with Crippen molar-refractivity contribution in [2.75, 3.05) is 0 Å². The molecule has 6 nitrogen and oxygen atoms in total. The van der Waals surface area contributed by atoms with Gasteiger partial charge in [-0.2, -0.15) is 10.2 Å². The molecule has 24 heavy (non-hydrogen) atoms. The lowest BCUT2D eigenvalue weighted by Gasteiger charge is -2.03. The predicted octanol–water partition coefficient (Wildman–Crippen LogP) is 2.07. The van der Waals surface area contributed by atoms with Gasteiger partial charge in [0.15, 0.2) is 5.69 Å². The molecule has 3 aromatic rings. The summed E-state index contributed by atoms with van der Waals surface area (Å²) < 4.78 is 1.88. The number of aromatic nitrogens is 4. The molecule has 2 heterocycles. The number of amides is 1. The van der Waals surface area contributed by atoms with Crippen LogP contribution in [-0.4, -0.2) is 25.9 Å². The van der Waals surface area contributed by atoms with Crippen LogP contribution in [0.2, 0.25) is 0 Å². The molecule has 0 atom stereocenters. The van der Waals surface area contributed by atoms with Crippen LogP contribution in [0.3, 0.4) is 0 Å². The van der Waals surface area contributed by atoms with E-state index in [-0.39, 0.29) is 5.91 Å². The first-order chi connectivity index (χ1) is 11.8. The second-order valence-electron chi connectivity index (χ2n) is 6.10. The van der Waals surface area contributed by atoms with Gasteiger partial charge >= 0.3 is 0 Å². The van der Waals surface area contributed by atoms with Gasteiger partial charge in [-0.05, 0) is 24.8 Å². The van der Waals surface area contributed by atoms with Crippen LogP contribution in [0, 0.1) is 0 Å². The molecular weight excluding hydrogens is 302 g/mol. The highest BCUT2D eigenvalue weighted by Gasteiger charge is 2.22. The number of H-pyrrole nitrogens is 1. The highest BCUT2D eigenvalue weighted by molar-refractivity contribution is 5.94. The van der Waals surface area contributed by atoms with Crippen LogP contribution < -0.4 is 5.32 Å². The molecule has 0 saturated carbocycles. The Hall–Kier alpha value is -2.89. The Kier molecular flexibility index (Phi) is 3.86. The smallest absolute Gasteiger partial charge is 0.272 e. The molecule has 0 radical (unpaired) electrons. The van der Waals surface area contributed by atoms with Crippen LogP contribution in [-0.2, 0) is 25.9 Å². The zero-order valence-corrected chi connectivity index (χ0v) is 13.3. The van der Waals surface area contributed by atoms with Crippen molar-refractivity contribution in [1.82, 2.24) is 25.3 Å². The minimum Gasteiger partial charge on any atom is -0.346 e. The number of aryl methyl sites for hydroxylation is 1. The molecule has 4 rings (SSSR count). The van der Waals surface area contributed by atoms with Crippen molar-refractivity contribution in [1.29, 1.82) is 0 Å². The number of fused-ring (bicyclic) bond motifs is 1. The van der Waals surface area contributed by atoms with Gasteiger partial charge in [-0.3, -0.25) is 14.6 Å². The normalized spacial score (nSPS) is 13.0. The summed E-state index contributed by atoms with van der Waals surface area (Å²) in [7, 11) is 0. The van der Waals surface area contributed by atoms with Crippen LogP contribution in [0.5, 0.6) is 0 Å². The van der Waals surface area contributed by atoms with E-state index in [9.17, 15) is 4.79 Å². The molecule has 122 valence electrons. The van der Waals surface area contributed by atoms with E-state index >= 15 is 0 Å². The van der Waals surface area contributed by atoms with Crippen LogP contribution in [0.1, 0.15) is 39.3 Å². The Morgan fingerprint density at radius 1 is 1.21 bits per heavy atom. The second kappa shape index (κ2) is 6.31. The minimum absolute atomic E-state index is 0.120. The first-order valence-electron chi connectivity index (χ1n) is 8.19. The van der Waals surface area contributed by atoms with Crippen LogP contribution >= 0.6 is 0 Å². The quantitative estimate of drug-likeness (QED) is 0.755. The summed E-state index contributed by atoms with van der Waals surface area (Å²) in [5, 5.41) is 14.4. The summed E-state index contributed by atoms with van der Waals surface area (Å²) in [6.07, 6.45) is 6.77. The van der Waals surface area contributed by atoms with E-state index < -0.39 is 0 Å². The molecule has 0 unspecified atom stereocenters. The Labute approximate surface area is 139 Å². The first kappa shape index (κ1) is 14.7. The number of hydrogen-bond acceptors (Lipinski definition) is 3. The number of rotatable bonds is 5. The summed E-state index contributed by atoms with van der Waals surface area (Å²) >= 11 is 0. The zero-order valence-electron chi connectivity index (χ0n) is 13.3. The second-order valence-corrected chi connectivity index (χ2v) is 6.10. The molecule has 1 aliphatic carbocycles. The molecule has 1 aromatic carbocycles. The summed E-state index contributed by atoms with van der Waals surface area (Å²) in [5.74, 6) is -0.120. The molecule has 0 aliphatic heterocycles. The van der Waals surface area contributed by atoms with Crippen molar-refractivity contribution >= 4 is 5.91 Å².